The van der Waals surface area contributed by atoms with Gasteiger partial charge in [0, 0.05) is 5.02 Å². The van der Waals surface area contributed by atoms with Gasteiger partial charge in [-0.15, -0.1) is 0 Å². The molecule has 2 rings (SSSR count). The van der Waals surface area contributed by atoms with E-state index >= 15 is 0 Å². The standard InChI is InChI=1S/C11H10ClNO2/c1-8-11(15-7-13-8)6-14-10-4-2-9(12)3-5-10/h2-5,7H,6H2,1H3. The molecule has 0 atom stereocenters. The Labute approximate surface area is 92.6 Å². The van der Waals surface area contributed by atoms with E-state index in [0.29, 0.717) is 11.6 Å². The predicted octanol–water partition coefficient (Wildman–Crippen LogP) is 3.22. The van der Waals surface area contributed by atoms with Crippen molar-refractivity contribution in [3.05, 3.63) is 47.1 Å². The van der Waals surface area contributed by atoms with Crippen LogP contribution in [0.5, 0.6) is 5.75 Å². The van der Waals surface area contributed by atoms with Crippen molar-refractivity contribution in [2.45, 2.75) is 13.5 Å². The van der Waals surface area contributed by atoms with Crippen molar-refractivity contribution in [3.63, 3.8) is 0 Å². The summed E-state index contributed by atoms with van der Waals surface area (Å²) in [5, 5.41) is 0.693. The third-order valence-electron chi connectivity index (χ3n) is 2.03. The van der Waals surface area contributed by atoms with E-state index in [2.05, 4.69) is 4.98 Å². The molecule has 0 aliphatic carbocycles. The van der Waals surface area contributed by atoms with Crippen molar-refractivity contribution < 1.29 is 9.15 Å². The molecule has 0 saturated carbocycles. The largest absolute Gasteiger partial charge is 0.486 e. The van der Waals surface area contributed by atoms with Crippen LogP contribution in [0.15, 0.2) is 35.1 Å². The molecular weight excluding hydrogens is 214 g/mol. The highest BCUT2D eigenvalue weighted by molar-refractivity contribution is 6.30. The fourth-order valence-electron chi connectivity index (χ4n) is 1.14. The fourth-order valence-corrected chi connectivity index (χ4v) is 1.27. The number of hydrogen-bond donors (Lipinski definition) is 0. The first-order valence-corrected chi connectivity index (χ1v) is 4.91. The second-order valence-corrected chi connectivity index (χ2v) is 3.54. The Balaban J connectivity index is 1.99. The third-order valence-corrected chi connectivity index (χ3v) is 2.28. The van der Waals surface area contributed by atoms with Crippen molar-refractivity contribution in [2.75, 3.05) is 0 Å². The van der Waals surface area contributed by atoms with E-state index in [1.807, 2.05) is 19.1 Å². The van der Waals surface area contributed by atoms with Crippen LogP contribution < -0.4 is 4.74 Å². The Morgan fingerprint density at radius 1 is 1.33 bits per heavy atom. The molecule has 0 bridgehead atoms. The minimum absolute atomic E-state index is 0.382. The lowest BCUT2D eigenvalue weighted by Gasteiger charge is -2.03. The molecule has 0 aliphatic heterocycles. The van der Waals surface area contributed by atoms with Crippen molar-refractivity contribution in [3.8, 4) is 5.75 Å². The first-order chi connectivity index (χ1) is 7.25. The van der Waals surface area contributed by atoms with E-state index in [9.17, 15) is 0 Å². The van der Waals surface area contributed by atoms with Crippen LogP contribution >= 0.6 is 11.6 Å². The van der Waals surface area contributed by atoms with Crippen molar-refractivity contribution in [1.82, 2.24) is 4.98 Å². The van der Waals surface area contributed by atoms with Gasteiger partial charge in [0.15, 0.2) is 12.2 Å². The van der Waals surface area contributed by atoms with Crippen molar-refractivity contribution in [2.24, 2.45) is 0 Å². The molecule has 1 heterocycles. The van der Waals surface area contributed by atoms with Gasteiger partial charge in [-0.2, -0.15) is 0 Å². The van der Waals surface area contributed by atoms with Crippen molar-refractivity contribution in [1.29, 1.82) is 0 Å². The molecule has 4 heteroatoms. The number of ether oxygens (including phenoxy) is 1. The van der Waals surface area contributed by atoms with Gasteiger partial charge in [-0.05, 0) is 31.2 Å². The van der Waals surface area contributed by atoms with Gasteiger partial charge in [0.2, 0.25) is 0 Å². The molecule has 2 aromatic rings. The third kappa shape index (κ3) is 2.50. The van der Waals surface area contributed by atoms with Gasteiger partial charge < -0.3 is 9.15 Å². The summed E-state index contributed by atoms with van der Waals surface area (Å²) in [6, 6.07) is 7.19. The number of benzene rings is 1. The van der Waals surface area contributed by atoms with E-state index in [0.717, 1.165) is 17.2 Å². The molecule has 0 N–H and O–H groups in total. The quantitative estimate of drug-likeness (QED) is 0.802. The number of aromatic nitrogens is 1. The summed E-state index contributed by atoms with van der Waals surface area (Å²) in [7, 11) is 0. The molecule has 0 aliphatic rings. The molecule has 0 fully saturated rings. The maximum atomic E-state index is 5.75. The average Bonchev–Trinajstić information content (AvgIpc) is 2.63. The molecule has 3 nitrogen and oxygen atoms in total. The van der Waals surface area contributed by atoms with E-state index in [1.54, 1.807) is 12.1 Å². The number of aryl methyl sites for hydroxylation is 1. The summed E-state index contributed by atoms with van der Waals surface area (Å²) in [6.07, 6.45) is 1.41. The molecule has 0 radical (unpaired) electrons. The highest BCUT2D eigenvalue weighted by atomic mass is 35.5. The van der Waals surface area contributed by atoms with E-state index in [4.69, 9.17) is 20.8 Å². The lowest BCUT2D eigenvalue weighted by Crippen LogP contribution is -1.95. The Kier molecular flexibility index (Phi) is 2.92. The normalized spacial score (nSPS) is 10.3. The van der Waals surface area contributed by atoms with Crippen LogP contribution in [-0.2, 0) is 6.61 Å². The van der Waals surface area contributed by atoms with Crippen LogP contribution in [0.25, 0.3) is 0 Å². The van der Waals surface area contributed by atoms with E-state index in [-0.39, 0.29) is 0 Å². The summed E-state index contributed by atoms with van der Waals surface area (Å²) >= 11 is 5.75. The van der Waals surface area contributed by atoms with Gasteiger partial charge >= 0.3 is 0 Å². The zero-order valence-corrected chi connectivity index (χ0v) is 8.99. The predicted molar refractivity (Wildman–Crippen MR) is 57.0 cm³/mol. The SMILES string of the molecule is Cc1ncoc1COc1ccc(Cl)cc1. The summed E-state index contributed by atoms with van der Waals surface area (Å²) in [5.74, 6) is 1.50. The number of oxazole rings is 1. The second kappa shape index (κ2) is 4.36. The molecule has 78 valence electrons. The first kappa shape index (κ1) is 10.1. The van der Waals surface area contributed by atoms with Gasteiger partial charge in [0.1, 0.15) is 12.4 Å². The number of rotatable bonds is 3. The summed E-state index contributed by atoms with van der Waals surface area (Å²) in [5.41, 5.74) is 0.851. The van der Waals surface area contributed by atoms with Gasteiger partial charge in [-0.25, -0.2) is 4.98 Å². The summed E-state index contributed by atoms with van der Waals surface area (Å²) in [6.45, 7) is 2.26. The van der Waals surface area contributed by atoms with Crippen LogP contribution in [0, 0.1) is 6.92 Å². The number of hydrogen-bond acceptors (Lipinski definition) is 3. The minimum Gasteiger partial charge on any atom is -0.486 e. The lowest BCUT2D eigenvalue weighted by atomic mass is 10.3. The molecule has 15 heavy (non-hydrogen) atoms. The molecular formula is C11H10ClNO2. The zero-order chi connectivity index (χ0) is 10.7. The summed E-state index contributed by atoms with van der Waals surface area (Å²) < 4.78 is 10.6. The van der Waals surface area contributed by atoms with Crippen molar-refractivity contribution >= 4 is 11.6 Å². The fraction of sp³-hybridized carbons (Fsp3) is 0.182. The smallest absolute Gasteiger partial charge is 0.181 e. The number of halogens is 1. The van der Waals surface area contributed by atoms with Gasteiger partial charge in [-0.3, -0.25) is 0 Å². The molecule has 0 amide bonds. The maximum Gasteiger partial charge on any atom is 0.181 e. The molecule has 0 spiro atoms. The van der Waals surface area contributed by atoms with E-state index in [1.165, 1.54) is 6.39 Å². The Hall–Kier alpha value is -1.48. The van der Waals surface area contributed by atoms with Crippen LogP contribution in [0.4, 0.5) is 0 Å². The molecule has 1 aromatic heterocycles. The molecule has 0 unspecified atom stereocenters. The highest BCUT2D eigenvalue weighted by Gasteiger charge is 2.03. The van der Waals surface area contributed by atoms with E-state index < -0.39 is 0 Å². The highest BCUT2D eigenvalue weighted by Crippen LogP contribution is 2.17. The number of nitrogens with zero attached hydrogens (tertiary/aromatic N) is 1. The Morgan fingerprint density at radius 3 is 2.67 bits per heavy atom. The van der Waals surface area contributed by atoms with Gasteiger partial charge in [0.05, 0.1) is 5.69 Å². The van der Waals surface area contributed by atoms with Crippen LogP contribution in [0.1, 0.15) is 11.5 Å². The second-order valence-electron chi connectivity index (χ2n) is 3.10. The minimum atomic E-state index is 0.382. The molecule has 0 saturated heterocycles. The summed E-state index contributed by atoms with van der Waals surface area (Å²) in [4.78, 5) is 3.98. The Morgan fingerprint density at radius 2 is 2.07 bits per heavy atom. The van der Waals surface area contributed by atoms with Gasteiger partial charge in [-0.1, -0.05) is 11.6 Å². The van der Waals surface area contributed by atoms with Gasteiger partial charge in [0.25, 0.3) is 0 Å². The monoisotopic (exact) mass is 223 g/mol. The Bertz CT molecular complexity index is 436. The van der Waals surface area contributed by atoms with Crippen LogP contribution in [-0.4, -0.2) is 4.98 Å². The maximum absolute atomic E-state index is 5.75. The lowest BCUT2D eigenvalue weighted by molar-refractivity contribution is 0.269. The van der Waals surface area contributed by atoms with Crippen LogP contribution in [0.3, 0.4) is 0 Å². The average molecular weight is 224 g/mol. The van der Waals surface area contributed by atoms with Crippen LogP contribution in [0.2, 0.25) is 5.02 Å². The molecule has 1 aromatic carbocycles. The topological polar surface area (TPSA) is 35.3 Å². The zero-order valence-electron chi connectivity index (χ0n) is 8.24. The first-order valence-electron chi connectivity index (χ1n) is 4.53.